The first-order chi connectivity index (χ1) is 6.91. The summed E-state index contributed by atoms with van der Waals surface area (Å²) >= 11 is 1.45. The second-order valence-electron chi connectivity index (χ2n) is 4.04. The topological polar surface area (TPSA) is 52.3 Å². The van der Waals surface area contributed by atoms with Gasteiger partial charge in [-0.2, -0.15) is 0 Å². The SMILES string of the molecule is CC(C)OC(=O)c1cc(C(C)C)sc1N. The number of thiophene rings is 1. The van der Waals surface area contributed by atoms with Gasteiger partial charge in [-0.25, -0.2) is 4.79 Å². The number of carbonyl (C=O) groups is 1. The van der Waals surface area contributed by atoms with Gasteiger partial charge in [0.2, 0.25) is 0 Å². The summed E-state index contributed by atoms with van der Waals surface area (Å²) in [6.45, 7) is 7.79. The predicted octanol–water partition coefficient (Wildman–Crippen LogP) is 3.02. The molecular weight excluding hydrogens is 210 g/mol. The van der Waals surface area contributed by atoms with Crippen molar-refractivity contribution in [3.05, 3.63) is 16.5 Å². The van der Waals surface area contributed by atoms with Crippen molar-refractivity contribution in [1.82, 2.24) is 0 Å². The van der Waals surface area contributed by atoms with E-state index in [1.165, 1.54) is 11.3 Å². The number of rotatable bonds is 3. The fourth-order valence-corrected chi connectivity index (χ4v) is 2.07. The van der Waals surface area contributed by atoms with Crippen LogP contribution in [0.1, 0.15) is 48.8 Å². The highest BCUT2D eigenvalue weighted by Crippen LogP contribution is 2.30. The molecule has 4 heteroatoms. The number of nitrogens with two attached hydrogens (primary N) is 1. The Morgan fingerprint density at radius 1 is 1.40 bits per heavy atom. The largest absolute Gasteiger partial charge is 0.459 e. The van der Waals surface area contributed by atoms with Gasteiger partial charge in [-0.05, 0) is 25.8 Å². The maximum Gasteiger partial charge on any atom is 0.341 e. The smallest absolute Gasteiger partial charge is 0.341 e. The second kappa shape index (κ2) is 4.66. The summed E-state index contributed by atoms with van der Waals surface area (Å²) in [6, 6.07) is 1.83. The molecule has 0 saturated carbocycles. The predicted molar refractivity (Wildman–Crippen MR) is 63.4 cm³/mol. The quantitative estimate of drug-likeness (QED) is 0.807. The standard InChI is InChI=1S/C11H17NO2S/c1-6(2)9-5-8(10(12)15-9)11(13)14-7(3)4/h5-7H,12H2,1-4H3. The Labute approximate surface area is 94.2 Å². The third-order valence-corrected chi connectivity index (χ3v) is 3.18. The van der Waals surface area contributed by atoms with Gasteiger partial charge in [-0.1, -0.05) is 13.8 Å². The molecule has 1 aromatic heterocycles. The van der Waals surface area contributed by atoms with Crippen molar-refractivity contribution in [2.45, 2.75) is 39.7 Å². The first kappa shape index (κ1) is 12.0. The van der Waals surface area contributed by atoms with Gasteiger partial charge < -0.3 is 10.5 Å². The zero-order chi connectivity index (χ0) is 11.6. The number of nitrogen functional groups attached to an aromatic ring is 1. The highest BCUT2D eigenvalue weighted by atomic mass is 32.1. The molecule has 0 bridgehead atoms. The first-order valence-electron chi connectivity index (χ1n) is 5.02. The molecule has 3 nitrogen and oxygen atoms in total. The van der Waals surface area contributed by atoms with Crippen molar-refractivity contribution in [1.29, 1.82) is 0 Å². The van der Waals surface area contributed by atoms with Crippen LogP contribution in [0.3, 0.4) is 0 Å². The van der Waals surface area contributed by atoms with E-state index in [-0.39, 0.29) is 12.1 Å². The fourth-order valence-electron chi connectivity index (χ4n) is 1.15. The van der Waals surface area contributed by atoms with Gasteiger partial charge in [0.1, 0.15) is 5.00 Å². The maximum atomic E-state index is 11.6. The Balaban J connectivity index is 2.89. The number of carbonyl (C=O) groups excluding carboxylic acids is 1. The Kier molecular flexibility index (Phi) is 3.74. The average Bonchev–Trinajstić information content (AvgIpc) is 2.46. The molecule has 1 heterocycles. The third kappa shape index (κ3) is 2.96. The Bertz CT molecular complexity index is 355. The number of esters is 1. The molecule has 0 unspecified atom stereocenters. The molecule has 0 amide bonds. The molecule has 0 atom stereocenters. The number of anilines is 1. The van der Waals surface area contributed by atoms with Crippen molar-refractivity contribution < 1.29 is 9.53 Å². The summed E-state index contributed by atoms with van der Waals surface area (Å²) in [4.78, 5) is 12.7. The van der Waals surface area contributed by atoms with Crippen LogP contribution >= 0.6 is 11.3 Å². The summed E-state index contributed by atoms with van der Waals surface area (Å²) < 4.78 is 5.10. The van der Waals surface area contributed by atoms with Crippen LogP contribution in [0.15, 0.2) is 6.07 Å². The summed E-state index contributed by atoms with van der Waals surface area (Å²) in [6.07, 6.45) is -0.112. The van der Waals surface area contributed by atoms with Gasteiger partial charge in [-0.15, -0.1) is 11.3 Å². The van der Waals surface area contributed by atoms with Crippen LogP contribution in [0.4, 0.5) is 5.00 Å². The minimum absolute atomic E-state index is 0.112. The lowest BCUT2D eigenvalue weighted by atomic mass is 10.1. The van der Waals surface area contributed by atoms with E-state index in [0.29, 0.717) is 16.5 Å². The molecule has 0 aliphatic rings. The lowest BCUT2D eigenvalue weighted by Crippen LogP contribution is -2.12. The van der Waals surface area contributed by atoms with E-state index in [2.05, 4.69) is 13.8 Å². The lowest BCUT2D eigenvalue weighted by molar-refractivity contribution is 0.0379. The van der Waals surface area contributed by atoms with E-state index < -0.39 is 0 Å². The van der Waals surface area contributed by atoms with Gasteiger partial charge >= 0.3 is 5.97 Å². The normalized spacial score (nSPS) is 11.1. The first-order valence-corrected chi connectivity index (χ1v) is 5.83. The van der Waals surface area contributed by atoms with Gasteiger partial charge in [0.05, 0.1) is 11.7 Å². The van der Waals surface area contributed by atoms with Crippen LogP contribution in [-0.4, -0.2) is 12.1 Å². The van der Waals surface area contributed by atoms with Crippen LogP contribution in [0.2, 0.25) is 0 Å². The Morgan fingerprint density at radius 2 is 2.00 bits per heavy atom. The summed E-state index contributed by atoms with van der Waals surface area (Å²) in [7, 11) is 0. The molecule has 0 saturated heterocycles. The average molecular weight is 227 g/mol. The molecule has 1 aromatic rings. The monoisotopic (exact) mass is 227 g/mol. The van der Waals surface area contributed by atoms with E-state index in [1.807, 2.05) is 19.9 Å². The second-order valence-corrected chi connectivity index (χ2v) is 5.15. The number of ether oxygens (including phenoxy) is 1. The van der Waals surface area contributed by atoms with Gasteiger partial charge in [-0.3, -0.25) is 0 Å². The van der Waals surface area contributed by atoms with E-state index in [4.69, 9.17) is 10.5 Å². The van der Waals surface area contributed by atoms with Crippen molar-refractivity contribution in [3.8, 4) is 0 Å². The Morgan fingerprint density at radius 3 is 2.40 bits per heavy atom. The van der Waals surface area contributed by atoms with E-state index >= 15 is 0 Å². The molecule has 1 rings (SSSR count). The molecule has 84 valence electrons. The fraction of sp³-hybridized carbons (Fsp3) is 0.545. The van der Waals surface area contributed by atoms with Crippen molar-refractivity contribution in [2.24, 2.45) is 0 Å². The number of hydrogen-bond donors (Lipinski definition) is 1. The molecule has 0 aliphatic heterocycles. The molecule has 0 spiro atoms. The summed E-state index contributed by atoms with van der Waals surface area (Å²) in [5.41, 5.74) is 6.27. The maximum absolute atomic E-state index is 11.6. The van der Waals surface area contributed by atoms with Crippen LogP contribution in [0, 0.1) is 0 Å². The third-order valence-electron chi connectivity index (χ3n) is 1.91. The molecule has 0 fully saturated rings. The summed E-state index contributed by atoms with van der Waals surface area (Å²) in [5.74, 6) is 0.0588. The molecule has 0 radical (unpaired) electrons. The zero-order valence-electron chi connectivity index (χ0n) is 9.53. The van der Waals surface area contributed by atoms with Crippen molar-refractivity contribution in [3.63, 3.8) is 0 Å². The van der Waals surface area contributed by atoms with Gasteiger partial charge in [0, 0.05) is 4.88 Å². The molecule has 15 heavy (non-hydrogen) atoms. The van der Waals surface area contributed by atoms with E-state index in [9.17, 15) is 4.79 Å². The Hall–Kier alpha value is -1.03. The molecular formula is C11H17NO2S. The highest BCUT2D eigenvalue weighted by molar-refractivity contribution is 7.16. The van der Waals surface area contributed by atoms with E-state index in [1.54, 1.807) is 0 Å². The van der Waals surface area contributed by atoms with Crippen LogP contribution in [0.25, 0.3) is 0 Å². The number of hydrogen-bond acceptors (Lipinski definition) is 4. The minimum atomic E-state index is -0.328. The van der Waals surface area contributed by atoms with Crippen LogP contribution < -0.4 is 5.73 Å². The van der Waals surface area contributed by atoms with E-state index in [0.717, 1.165) is 4.88 Å². The van der Waals surface area contributed by atoms with Crippen molar-refractivity contribution in [2.75, 3.05) is 5.73 Å². The minimum Gasteiger partial charge on any atom is -0.459 e. The summed E-state index contributed by atoms with van der Waals surface area (Å²) in [5, 5.41) is 0.546. The molecule has 0 aromatic carbocycles. The highest BCUT2D eigenvalue weighted by Gasteiger charge is 2.17. The van der Waals surface area contributed by atoms with Crippen LogP contribution in [0.5, 0.6) is 0 Å². The molecule has 0 aliphatic carbocycles. The zero-order valence-corrected chi connectivity index (χ0v) is 10.4. The van der Waals surface area contributed by atoms with Gasteiger partial charge in [0.25, 0.3) is 0 Å². The molecule has 2 N–H and O–H groups in total. The lowest BCUT2D eigenvalue weighted by Gasteiger charge is -2.06. The van der Waals surface area contributed by atoms with Crippen molar-refractivity contribution >= 4 is 22.3 Å². The van der Waals surface area contributed by atoms with Crippen LogP contribution in [-0.2, 0) is 4.74 Å². The van der Waals surface area contributed by atoms with Gasteiger partial charge in [0.15, 0.2) is 0 Å².